The number of aryl methyl sites for hydroxylation is 1. The minimum absolute atomic E-state index is 0.181. The van der Waals surface area contributed by atoms with Crippen molar-refractivity contribution < 1.29 is 4.79 Å². The smallest absolute Gasteiger partial charge is 0.257 e. The number of fused-ring (bicyclic) bond motifs is 1. The molecule has 0 atom stereocenters. The standard InChI is InChI=1S/C11H8N4OS2/c1-6-13-8-3-2-7(4-9(8)18-6)10(16)14-11-15-12-5-17-11/h2-5H,1H3,(H,14,15,16). The fourth-order valence-corrected chi connectivity index (χ4v) is 2.88. The first-order chi connectivity index (χ1) is 8.72. The molecule has 0 unspecified atom stereocenters. The summed E-state index contributed by atoms with van der Waals surface area (Å²) in [6, 6.07) is 5.46. The Balaban J connectivity index is 1.91. The first kappa shape index (κ1) is 11.2. The monoisotopic (exact) mass is 276 g/mol. The highest BCUT2D eigenvalue weighted by molar-refractivity contribution is 7.18. The van der Waals surface area contributed by atoms with Gasteiger partial charge in [0.05, 0.1) is 15.2 Å². The molecule has 0 saturated heterocycles. The number of anilines is 1. The molecule has 90 valence electrons. The van der Waals surface area contributed by atoms with E-state index in [9.17, 15) is 4.79 Å². The van der Waals surface area contributed by atoms with E-state index in [1.165, 1.54) is 11.3 Å². The molecule has 3 aromatic rings. The van der Waals surface area contributed by atoms with Crippen LogP contribution < -0.4 is 5.32 Å². The van der Waals surface area contributed by atoms with Crippen LogP contribution in [-0.4, -0.2) is 21.1 Å². The van der Waals surface area contributed by atoms with Crippen molar-refractivity contribution in [2.75, 3.05) is 5.32 Å². The average Bonchev–Trinajstić information content (AvgIpc) is 2.95. The van der Waals surface area contributed by atoms with Crippen LogP contribution in [0.25, 0.3) is 10.2 Å². The maximum atomic E-state index is 12.0. The van der Waals surface area contributed by atoms with Gasteiger partial charge in [0.15, 0.2) is 0 Å². The van der Waals surface area contributed by atoms with Crippen LogP contribution in [0.3, 0.4) is 0 Å². The summed E-state index contributed by atoms with van der Waals surface area (Å²) in [6.07, 6.45) is 0. The summed E-state index contributed by atoms with van der Waals surface area (Å²) in [6.45, 7) is 1.95. The van der Waals surface area contributed by atoms with E-state index in [0.29, 0.717) is 10.7 Å². The van der Waals surface area contributed by atoms with Gasteiger partial charge in [0.25, 0.3) is 5.91 Å². The second-order valence-corrected chi connectivity index (χ2v) is 5.68. The molecule has 0 aliphatic carbocycles. The normalized spacial score (nSPS) is 10.7. The zero-order valence-electron chi connectivity index (χ0n) is 9.38. The predicted octanol–water partition coefficient (Wildman–Crippen LogP) is 2.71. The van der Waals surface area contributed by atoms with Gasteiger partial charge in [-0.3, -0.25) is 10.1 Å². The highest BCUT2D eigenvalue weighted by atomic mass is 32.1. The van der Waals surface area contributed by atoms with E-state index in [0.717, 1.165) is 15.2 Å². The van der Waals surface area contributed by atoms with Crippen molar-refractivity contribution in [2.45, 2.75) is 6.92 Å². The minimum Gasteiger partial charge on any atom is -0.296 e. The van der Waals surface area contributed by atoms with E-state index in [1.54, 1.807) is 22.9 Å². The van der Waals surface area contributed by atoms with Crippen LogP contribution >= 0.6 is 22.7 Å². The third kappa shape index (κ3) is 2.09. The van der Waals surface area contributed by atoms with Gasteiger partial charge in [-0.1, -0.05) is 11.3 Å². The lowest BCUT2D eigenvalue weighted by atomic mass is 10.2. The number of carbonyl (C=O) groups is 1. The molecule has 1 aromatic carbocycles. The highest BCUT2D eigenvalue weighted by Gasteiger charge is 2.10. The van der Waals surface area contributed by atoms with E-state index in [-0.39, 0.29) is 5.91 Å². The van der Waals surface area contributed by atoms with Crippen LogP contribution in [-0.2, 0) is 0 Å². The van der Waals surface area contributed by atoms with E-state index in [1.807, 2.05) is 19.1 Å². The lowest BCUT2D eigenvalue weighted by molar-refractivity contribution is 0.102. The molecule has 5 nitrogen and oxygen atoms in total. The van der Waals surface area contributed by atoms with Gasteiger partial charge in [-0.15, -0.1) is 21.5 Å². The summed E-state index contributed by atoms with van der Waals surface area (Å²) < 4.78 is 1.01. The number of hydrogen-bond acceptors (Lipinski definition) is 6. The molecular weight excluding hydrogens is 268 g/mol. The van der Waals surface area contributed by atoms with Crippen molar-refractivity contribution in [3.05, 3.63) is 34.3 Å². The first-order valence-corrected chi connectivity index (χ1v) is 6.87. The fraction of sp³-hybridized carbons (Fsp3) is 0.0909. The fourth-order valence-electron chi connectivity index (χ4n) is 1.58. The van der Waals surface area contributed by atoms with E-state index < -0.39 is 0 Å². The summed E-state index contributed by atoms with van der Waals surface area (Å²) in [5.74, 6) is -0.181. The number of aromatic nitrogens is 3. The molecule has 1 N–H and O–H groups in total. The first-order valence-electron chi connectivity index (χ1n) is 5.17. The Morgan fingerprint density at radius 2 is 2.28 bits per heavy atom. The number of hydrogen-bond donors (Lipinski definition) is 1. The molecule has 7 heteroatoms. The van der Waals surface area contributed by atoms with Crippen LogP contribution in [0.4, 0.5) is 5.13 Å². The van der Waals surface area contributed by atoms with Gasteiger partial charge >= 0.3 is 0 Å². The van der Waals surface area contributed by atoms with Gasteiger partial charge in [0, 0.05) is 5.56 Å². The SMILES string of the molecule is Cc1nc2ccc(C(=O)Nc3nncs3)cc2s1. The summed E-state index contributed by atoms with van der Waals surface area (Å²) in [5.41, 5.74) is 3.09. The Hall–Kier alpha value is -1.86. The van der Waals surface area contributed by atoms with Crippen LogP contribution in [0.15, 0.2) is 23.7 Å². The quantitative estimate of drug-likeness (QED) is 0.781. The lowest BCUT2D eigenvalue weighted by Crippen LogP contribution is -2.11. The Morgan fingerprint density at radius 3 is 3.06 bits per heavy atom. The van der Waals surface area contributed by atoms with Crippen LogP contribution in [0.5, 0.6) is 0 Å². The number of benzene rings is 1. The number of thiazole rings is 1. The number of rotatable bonds is 2. The van der Waals surface area contributed by atoms with Gasteiger partial charge in [-0.2, -0.15) is 0 Å². The topological polar surface area (TPSA) is 67.8 Å². The molecule has 0 aliphatic heterocycles. The highest BCUT2D eigenvalue weighted by Crippen LogP contribution is 2.23. The largest absolute Gasteiger partial charge is 0.296 e. The molecule has 0 radical (unpaired) electrons. The van der Waals surface area contributed by atoms with Crippen molar-refractivity contribution in [3.8, 4) is 0 Å². The molecule has 0 spiro atoms. The molecule has 2 aromatic heterocycles. The second-order valence-electron chi connectivity index (χ2n) is 3.61. The molecule has 0 fully saturated rings. The zero-order chi connectivity index (χ0) is 12.5. The summed E-state index contributed by atoms with van der Waals surface area (Å²) >= 11 is 2.86. The number of carbonyl (C=O) groups excluding carboxylic acids is 1. The second kappa shape index (κ2) is 4.43. The predicted molar refractivity (Wildman–Crippen MR) is 72.2 cm³/mol. The molecule has 18 heavy (non-hydrogen) atoms. The third-order valence-electron chi connectivity index (χ3n) is 2.34. The number of amides is 1. The minimum atomic E-state index is -0.181. The number of nitrogens with one attached hydrogen (secondary N) is 1. The third-order valence-corrected chi connectivity index (χ3v) is 3.88. The van der Waals surface area contributed by atoms with E-state index in [2.05, 4.69) is 20.5 Å². The lowest BCUT2D eigenvalue weighted by Gasteiger charge is -2.00. The summed E-state index contributed by atoms with van der Waals surface area (Å²) in [7, 11) is 0. The van der Waals surface area contributed by atoms with Crippen molar-refractivity contribution in [3.63, 3.8) is 0 Å². The Labute approximate surface area is 111 Å². The van der Waals surface area contributed by atoms with Gasteiger partial charge in [0.1, 0.15) is 5.51 Å². The molecular formula is C11H8N4OS2. The zero-order valence-corrected chi connectivity index (χ0v) is 11.0. The molecule has 2 heterocycles. The van der Waals surface area contributed by atoms with Crippen LogP contribution in [0.1, 0.15) is 15.4 Å². The van der Waals surface area contributed by atoms with Crippen molar-refractivity contribution >= 4 is 43.9 Å². The van der Waals surface area contributed by atoms with Crippen molar-refractivity contribution in [1.29, 1.82) is 0 Å². The van der Waals surface area contributed by atoms with Crippen molar-refractivity contribution in [2.24, 2.45) is 0 Å². The Bertz CT molecular complexity index is 705. The van der Waals surface area contributed by atoms with Crippen LogP contribution in [0, 0.1) is 6.92 Å². The van der Waals surface area contributed by atoms with E-state index >= 15 is 0 Å². The Morgan fingerprint density at radius 1 is 1.39 bits per heavy atom. The van der Waals surface area contributed by atoms with E-state index in [4.69, 9.17) is 0 Å². The van der Waals surface area contributed by atoms with Gasteiger partial charge in [-0.25, -0.2) is 4.98 Å². The molecule has 1 amide bonds. The Kier molecular flexibility index (Phi) is 2.77. The molecule has 0 aliphatic rings. The van der Waals surface area contributed by atoms with Gasteiger partial charge < -0.3 is 0 Å². The molecule has 0 saturated carbocycles. The maximum Gasteiger partial charge on any atom is 0.257 e. The number of nitrogens with zero attached hydrogens (tertiary/aromatic N) is 3. The summed E-state index contributed by atoms with van der Waals surface area (Å²) in [4.78, 5) is 16.3. The van der Waals surface area contributed by atoms with Crippen molar-refractivity contribution in [1.82, 2.24) is 15.2 Å². The van der Waals surface area contributed by atoms with Crippen LogP contribution in [0.2, 0.25) is 0 Å². The average molecular weight is 276 g/mol. The maximum absolute atomic E-state index is 12.0. The molecule has 0 bridgehead atoms. The summed E-state index contributed by atoms with van der Waals surface area (Å²) in [5, 5.41) is 11.6. The molecule has 3 rings (SSSR count). The van der Waals surface area contributed by atoms with Gasteiger partial charge in [0.2, 0.25) is 5.13 Å². The van der Waals surface area contributed by atoms with Gasteiger partial charge in [-0.05, 0) is 25.1 Å².